The van der Waals surface area contributed by atoms with Gasteiger partial charge < -0.3 is 10.7 Å². The minimum Gasteiger partial charge on any atom is -0.396 e. The number of hydrogen-bond acceptors (Lipinski definition) is 5. The average Bonchev–Trinajstić information content (AvgIpc) is 3.30. The summed E-state index contributed by atoms with van der Waals surface area (Å²) in [7, 11) is -3.56. The second-order valence-electron chi connectivity index (χ2n) is 8.47. The predicted molar refractivity (Wildman–Crippen MR) is 128 cm³/mol. The molecule has 0 radical (unpaired) electrons. The van der Waals surface area contributed by atoms with E-state index in [1.807, 2.05) is 0 Å². The molecule has 1 aliphatic heterocycles. The van der Waals surface area contributed by atoms with Crippen molar-refractivity contribution in [3.8, 4) is 11.1 Å². The summed E-state index contributed by atoms with van der Waals surface area (Å²) < 4.78 is 56.1. The summed E-state index contributed by atoms with van der Waals surface area (Å²) in [5.74, 6) is -2.98. The van der Waals surface area contributed by atoms with Crippen molar-refractivity contribution in [3.63, 3.8) is 0 Å². The molecule has 0 atom stereocenters. The van der Waals surface area contributed by atoms with E-state index in [0.717, 1.165) is 31.4 Å². The zero-order chi connectivity index (χ0) is 24.7. The van der Waals surface area contributed by atoms with Crippen LogP contribution in [0.1, 0.15) is 35.2 Å². The van der Waals surface area contributed by atoms with Crippen LogP contribution >= 0.6 is 0 Å². The zero-order valence-electron chi connectivity index (χ0n) is 18.6. The number of nitrogens with one attached hydrogen (secondary N) is 1. The molecular weight excluding hydrogens is 474 g/mol. The van der Waals surface area contributed by atoms with E-state index in [1.54, 1.807) is 36.5 Å². The van der Waals surface area contributed by atoms with Gasteiger partial charge in [-0.05, 0) is 48.7 Å². The lowest BCUT2D eigenvalue weighted by Gasteiger charge is -2.25. The van der Waals surface area contributed by atoms with Crippen LogP contribution in [0.5, 0.6) is 0 Å². The van der Waals surface area contributed by atoms with Crippen LogP contribution in [0.15, 0.2) is 59.8 Å². The molecule has 1 fully saturated rings. The summed E-state index contributed by atoms with van der Waals surface area (Å²) in [6, 6.07) is 10.1. The molecule has 2 aromatic heterocycles. The fourth-order valence-electron chi connectivity index (χ4n) is 4.33. The molecular formula is C25H22F2N4O3S. The number of fused-ring (bicyclic) bond motifs is 1. The number of ketones is 1. The Hall–Kier alpha value is -3.63. The molecule has 0 aliphatic carbocycles. The predicted octanol–water partition coefficient (Wildman–Crippen LogP) is 4.50. The molecule has 0 unspecified atom stereocenters. The number of nitrogen functional groups attached to an aromatic ring is 1. The van der Waals surface area contributed by atoms with Crippen LogP contribution in [0.4, 0.5) is 14.5 Å². The molecule has 7 nitrogen and oxygen atoms in total. The molecule has 5 rings (SSSR count). The number of H-pyrrole nitrogens is 1. The summed E-state index contributed by atoms with van der Waals surface area (Å²) in [5.41, 5.74) is 6.17. The first-order chi connectivity index (χ1) is 16.8. The highest BCUT2D eigenvalue weighted by molar-refractivity contribution is 7.89. The lowest BCUT2D eigenvalue weighted by molar-refractivity contribution is 0.103. The fourth-order valence-corrected chi connectivity index (χ4v) is 5.85. The number of carbonyl (C=O) groups excluding carboxylic acids is 1. The van der Waals surface area contributed by atoms with Crippen molar-refractivity contribution < 1.29 is 22.0 Å². The van der Waals surface area contributed by atoms with Crippen molar-refractivity contribution in [1.29, 1.82) is 0 Å². The molecule has 0 spiro atoms. The maximum absolute atomic E-state index is 14.5. The quantitative estimate of drug-likeness (QED) is 0.312. The third-order valence-electron chi connectivity index (χ3n) is 6.26. The lowest BCUT2D eigenvalue weighted by Crippen LogP contribution is -2.35. The number of aromatic nitrogens is 2. The van der Waals surface area contributed by atoms with E-state index in [2.05, 4.69) is 9.97 Å². The van der Waals surface area contributed by atoms with Gasteiger partial charge in [0.1, 0.15) is 11.5 Å². The number of hydrogen-bond donors (Lipinski definition) is 2. The van der Waals surface area contributed by atoms with Gasteiger partial charge in [0.05, 0.1) is 16.1 Å². The number of halogens is 2. The third-order valence-corrected chi connectivity index (χ3v) is 8.18. The molecule has 0 bridgehead atoms. The SMILES string of the molecule is Nc1ccc(F)c(C(=O)c2c[nH]c3ncc(-c4ccc(S(=O)(=O)N5CCCCC5)cc4)cc23)c1F. The Balaban J connectivity index is 1.50. The highest BCUT2D eigenvalue weighted by Gasteiger charge is 2.26. The van der Waals surface area contributed by atoms with Gasteiger partial charge in [-0.15, -0.1) is 0 Å². The van der Waals surface area contributed by atoms with Crippen LogP contribution in [-0.4, -0.2) is 41.6 Å². The number of sulfonamides is 1. The maximum atomic E-state index is 14.5. The number of aromatic amines is 1. The molecule has 0 saturated carbocycles. The van der Waals surface area contributed by atoms with E-state index in [0.29, 0.717) is 35.2 Å². The molecule has 1 saturated heterocycles. The number of rotatable bonds is 5. The van der Waals surface area contributed by atoms with E-state index < -0.39 is 33.0 Å². The van der Waals surface area contributed by atoms with Gasteiger partial charge in [0.25, 0.3) is 0 Å². The van der Waals surface area contributed by atoms with Crippen molar-refractivity contribution in [2.75, 3.05) is 18.8 Å². The Morgan fingerprint density at radius 2 is 1.71 bits per heavy atom. The number of pyridine rings is 1. The Kier molecular flexibility index (Phi) is 5.86. The molecule has 3 heterocycles. The highest BCUT2D eigenvalue weighted by Crippen LogP contribution is 2.30. The summed E-state index contributed by atoms with van der Waals surface area (Å²) >= 11 is 0. The molecule has 4 aromatic rings. The molecule has 1 aliphatic rings. The maximum Gasteiger partial charge on any atom is 0.243 e. The topological polar surface area (TPSA) is 109 Å². The van der Waals surface area contributed by atoms with Crippen molar-refractivity contribution in [3.05, 3.63) is 77.6 Å². The van der Waals surface area contributed by atoms with Gasteiger partial charge in [-0.1, -0.05) is 18.6 Å². The molecule has 10 heteroatoms. The van der Waals surface area contributed by atoms with Crippen molar-refractivity contribution >= 4 is 32.5 Å². The van der Waals surface area contributed by atoms with Gasteiger partial charge in [0.15, 0.2) is 5.82 Å². The number of anilines is 1. The van der Waals surface area contributed by atoms with Crippen LogP contribution in [0.25, 0.3) is 22.2 Å². The minimum atomic E-state index is -3.56. The van der Waals surface area contributed by atoms with E-state index in [9.17, 15) is 22.0 Å². The molecule has 3 N–H and O–H groups in total. The third kappa shape index (κ3) is 4.08. The normalized spacial score (nSPS) is 14.9. The number of nitrogens with zero attached hydrogens (tertiary/aromatic N) is 2. The molecule has 0 amide bonds. The van der Waals surface area contributed by atoms with Crippen LogP contribution in [-0.2, 0) is 10.0 Å². The first kappa shape index (κ1) is 23.1. The first-order valence-corrected chi connectivity index (χ1v) is 12.6. The monoisotopic (exact) mass is 496 g/mol. The van der Waals surface area contributed by atoms with Gasteiger partial charge >= 0.3 is 0 Å². The number of carbonyl (C=O) groups is 1. The Bertz CT molecular complexity index is 1540. The smallest absolute Gasteiger partial charge is 0.243 e. The summed E-state index contributed by atoms with van der Waals surface area (Å²) in [4.78, 5) is 20.4. The van der Waals surface area contributed by atoms with Gasteiger partial charge in [-0.2, -0.15) is 4.31 Å². The second kappa shape index (κ2) is 8.86. The van der Waals surface area contributed by atoms with E-state index in [1.165, 1.54) is 10.5 Å². The van der Waals surface area contributed by atoms with E-state index >= 15 is 0 Å². The van der Waals surface area contributed by atoms with Crippen LogP contribution in [0.2, 0.25) is 0 Å². The minimum absolute atomic E-state index is 0.0436. The van der Waals surface area contributed by atoms with Crippen LogP contribution in [0.3, 0.4) is 0 Å². The molecule has 180 valence electrons. The number of piperidine rings is 1. The van der Waals surface area contributed by atoms with Crippen molar-refractivity contribution in [2.24, 2.45) is 0 Å². The van der Waals surface area contributed by atoms with Crippen LogP contribution in [0, 0.1) is 11.6 Å². The Morgan fingerprint density at radius 3 is 2.43 bits per heavy atom. The van der Waals surface area contributed by atoms with Crippen molar-refractivity contribution in [2.45, 2.75) is 24.2 Å². The Morgan fingerprint density at radius 1 is 1.00 bits per heavy atom. The lowest BCUT2D eigenvalue weighted by atomic mass is 10.00. The summed E-state index contributed by atoms with van der Waals surface area (Å²) in [6.07, 6.45) is 5.65. The van der Waals surface area contributed by atoms with Gasteiger partial charge in [-0.3, -0.25) is 4.79 Å². The van der Waals surface area contributed by atoms with Gasteiger partial charge in [0.2, 0.25) is 15.8 Å². The summed E-state index contributed by atoms with van der Waals surface area (Å²) in [5, 5.41) is 0.374. The highest BCUT2D eigenvalue weighted by atomic mass is 32.2. The second-order valence-corrected chi connectivity index (χ2v) is 10.4. The molecule has 2 aromatic carbocycles. The fraction of sp³-hybridized carbons (Fsp3) is 0.200. The number of nitrogens with two attached hydrogens (primary N) is 1. The number of benzene rings is 2. The van der Waals surface area contributed by atoms with Crippen molar-refractivity contribution in [1.82, 2.24) is 14.3 Å². The van der Waals surface area contributed by atoms with E-state index in [-0.39, 0.29) is 16.1 Å². The first-order valence-electron chi connectivity index (χ1n) is 11.1. The summed E-state index contributed by atoms with van der Waals surface area (Å²) in [6.45, 7) is 1.03. The zero-order valence-corrected chi connectivity index (χ0v) is 19.4. The largest absolute Gasteiger partial charge is 0.396 e. The molecule has 35 heavy (non-hydrogen) atoms. The van der Waals surface area contributed by atoms with E-state index in [4.69, 9.17) is 5.73 Å². The standard InChI is InChI=1S/C25H22F2N4O3S/c26-20-8-9-21(28)23(27)22(20)24(32)19-14-30-25-18(19)12-16(13-29-25)15-4-6-17(7-5-15)35(33,34)31-10-2-1-3-11-31/h4-9,12-14H,1-3,10-11,28H2,(H,29,30). The van der Waals surface area contributed by atoms with Crippen LogP contribution < -0.4 is 5.73 Å². The Labute approximate surface area is 200 Å². The van der Waals surface area contributed by atoms with Gasteiger partial charge in [0, 0.05) is 42.0 Å². The average molecular weight is 497 g/mol. The van der Waals surface area contributed by atoms with Gasteiger partial charge in [-0.25, -0.2) is 22.2 Å².